The minimum atomic E-state index is -0.535. The zero-order valence-electron chi connectivity index (χ0n) is 14.9. The smallest absolute Gasteiger partial charge is 0.245 e. The van der Waals surface area contributed by atoms with E-state index in [1.165, 1.54) is 15.7 Å². The van der Waals surface area contributed by atoms with Crippen LogP contribution in [0, 0.1) is 11.3 Å². The van der Waals surface area contributed by atoms with Gasteiger partial charge >= 0.3 is 11.4 Å². The second-order valence-corrected chi connectivity index (χ2v) is 7.88. The summed E-state index contributed by atoms with van der Waals surface area (Å²) in [5.41, 5.74) is 2.13. The van der Waals surface area contributed by atoms with E-state index in [1.807, 2.05) is 18.2 Å². The van der Waals surface area contributed by atoms with Gasteiger partial charge in [0, 0.05) is 11.3 Å². The molecule has 1 aromatic heterocycles. The van der Waals surface area contributed by atoms with Crippen LogP contribution in [0.25, 0.3) is 5.69 Å². The average Bonchev–Trinajstić information content (AvgIpc) is 2.89. The quantitative estimate of drug-likeness (QED) is 0.752. The third-order valence-corrected chi connectivity index (χ3v) is 7.18. The summed E-state index contributed by atoms with van der Waals surface area (Å²) in [6.45, 7) is 8.62. The van der Waals surface area contributed by atoms with Gasteiger partial charge in [-0.25, -0.2) is 23.5 Å². The highest BCUT2D eigenvalue weighted by molar-refractivity contribution is 5.47. The van der Waals surface area contributed by atoms with Crippen LogP contribution in [0.1, 0.15) is 33.7 Å². The lowest BCUT2D eigenvalue weighted by atomic mass is 9.45. The fraction of sp³-hybridized carbons (Fsp3) is 0.400. The lowest BCUT2D eigenvalue weighted by molar-refractivity contribution is -0.0328. The van der Waals surface area contributed by atoms with Gasteiger partial charge in [-0.05, 0) is 32.9 Å². The monoisotopic (exact) mass is 335 g/mol. The van der Waals surface area contributed by atoms with Gasteiger partial charge in [-0.1, -0.05) is 48.4 Å². The van der Waals surface area contributed by atoms with Gasteiger partial charge in [-0.3, -0.25) is 0 Å². The topological polar surface area (TPSA) is 48.9 Å². The molecule has 0 radical (unpaired) electrons. The first kappa shape index (κ1) is 14.8. The second kappa shape index (κ2) is 4.15. The predicted molar refractivity (Wildman–Crippen MR) is 96.1 cm³/mol. The summed E-state index contributed by atoms with van der Waals surface area (Å²) in [5.74, 6) is 0.270. The Kier molecular flexibility index (Phi) is 2.45. The van der Waals surface area contributed by atoms with Crippen molar-refractivity contribution >= 4 is 0 Å². The lowest BCUT2D eigenvalue weighted by Crippen LogP contribution is -2.67. The standard InChI is InChI=1S/C20H21N3O2/c1-12-13(2)20(4)16(12)15-10-11-19(20,3)23-18(25)21(17(24)22(15)23)14-8-6-5-7-9-14/h5-11,15-16H,1-4H3/t15-,16-,19-,20-/m0/s1. The van der Waals surface area contributed by atoms with Crippen LogP contribution in [0.3, 0.4) is 0 Å². The minimum absolute atomic E-state index is 0.0966. The van der Waals surface area contributed by atoms with Crippen molar-refractivity contribution in [2.24, 2.45) is 11.3 Å². The Bertz CT molecular complexity index is 1100. The number of hydrogen-bond acceptors (Lipinski definition) is 2. The van der Waals surface area contributed by atoms with Crippen LogP contribution in [0.4, 0.5) is 0 Å². The molecule has 6 rings (SSSR count). The van der Waals surface area contributed by atoms with Gasteiger partial charge < -0.3 is 0 Å². The lowest BCUT2D eigenvalue weighted by Gasteiger charge is -2.65. The van der Waals surface area contributed by atoms with Crippen LogP contribution in [0.2, 0.25) is 0 Å². The van der Waals surface area contributed by atoms with Gasteiger partial charge in [-0.15, -0.1) is 0 Å². The molecule has 5 heteroatoms. The second-order valence-electron chi connectivity index (χ2n) is 7.88. The molecule has 0 saturated heterocycles. The molecule has 4 atom stereocenters. The van der Waals surface area contributed by atoms with E-state index in [1.54, 1.807) is 21.5 Å². The fourth-order valence-corrected chi connectivity index (χ4v) is 5.54. The third kappa shape index (κ3) is 1.32. The number of nitrogens with zero attached hydrogens (tertiary/aromatic N) is 3. The molecule has 2 bridgehead atoms. The van der Waals surface area contributed by atoms with Crippen molar-refractivity contribution in [3.63, 3.8) is 0 Å². The number of allylic oxidation sites excluding steroid dienone is 4. The Morgan fingerprint density at radius 1 is 1.00 bits per heavy atom. The maximum Gasteiger partial charge on any atom is 0.352 e. The fourth-order valence-electron chi connectivity index (χ4n) is 5.54. The first-order chi connectivity index (χ1) is 11.8. The summed E-state index contributed by atoms with van der Waals surface area (Å²) in [7, 11) is 0. The molecule has 2 aromatic rings. The number of rotatable bonds is 1. The molecule has 0 N–H and O–H groups in total. The summed E-state index contributed by atoms with van der Waals surface area (Å²) >= 11 is 0. The van der Waals surface area contributed by atoms with Crippen molar-refractivity contribution in [1.29, 1.82) is 0 Å². The first-order valence-corrected chi connectivity index (χ1v) is 8.73. The minimum Gasteiger partial charge on any atom is -0.245 e. The van der Waals surface area contributed by atoms with Gasteiger partial charge in [0.2, 0.25) is 0 Å². The van der Waals surface area contributed by atoms with Crippen LogP contribution < -0.4 is 11.4 Å². The molecule has 25 heavy (non-hydrogen) atoms. The van der Waals surface area contributed by atoms with E-state index in [0.717, 1.165) is 0 Å². The summed E-state index contributed by atoms with van der Waals surface area (Å²) in [4.78, 5) is 26.5. The van der Waals surface area contributed by atoms with E-state index in [-0.39, 0.29) is 28.8 Å². The Morgan fingerprint density at radius 3 is 2.36 bits per heavy atom. The predicted octanol–water partition coefficient (Wildman–Crippen LogP) is 2.61. The van der Waals surface area contributed by atoms with E-state index < -0.39 is 5.54 Å². The van der Waals surface area contributed by atoms with E-state index in [9.17, 15) is 9.59 Å². The molecule has 128 valence electrons. The van der Waals surface area contributed by atoms with Gasteiger partial charge in [0.1, 0.15) is 0 Å². The highest BCUT2D eigenvalue weighted by Crippen LogP contribution is 2.67. The van der Waals surface area contributed by atoms with Gasteiger partial charge in [0.25, 0.3) is 0 Å². The molecule has 0 amide bonds. The molecule has 2 aliphatic carbocycles. The SMILES string of the molecule is CC1=C(C)[C@@]2(C)[C@@H]1[C@@H]1C=C[C@]2(C)n2c(=O)n(-c3ccccc3)c(=O)n21. The summed E-state index contributed by atoms with van der Waals surface area (Å²) in [6, 6.07) is 9.08. The van der Waals surface area contributed by atoms with Gasteiger partial charge in [-0.2, -0.15) is 0 Å². The van der Waals surface area contributed by atoms with E-state index in [2.05, 4.69) is 39.8 Å². The molecular weight excluding hydrogens is 314 g/mol. The molecule has 0 spiro atoms. The Labute approximate surface area is 145 Å². The Balaban J connectivity index is 1.87. The van der Waals surface area contributed by atoms with E-state index in [4.69, 9.17) is 0 Å². The van der Waals surface area contributed by atoms with Crippen molar-refractivity contribution in [3.8, 4) is 5.69 Å². The molecule has 5 nitrogen and oxygen atoms in total. The first-order valence-electron chi connectivity index (χ1n) is 8.73. The normalized spacial score (nSPS) is 34.7. The van der Waals surface area contributed by atoms with Crippen LogP contribution in [0.5, 0.6) is 0 Å². The summed E-state index contributed by atoms with van der Waals surface area (Å²) in [5, 5.41) is 0. The molecule has 0 fully saturated rings. The molecular formula is C20H21N3O2. The zero-order chi connectivity index (χ0) is 17.7. The van der Waals surface area contributed by atoms with Gasteiger partial charge in [0.05, 0.1) is 17.3 Å². The Hall–Kier alpha value is -2.56. The van der Waals surface area contributed by atoms with Crippen molar-refractivity contribution in [2.45, 2.75) is 39.3 Å². The van der Waals surface area contributed by atoms with Crippen LogP contribution in [0.15, 0.2) is 63.2 Å². The van der Waals surface area contributed by atoms with Crippen molar-refractivity contribution in [1.82, 2.24) is 13.9 Å². The average molecular weight is 335 g/mol. The highest BCUT2D eigenvalue weighted by Gasteiger charge is 2.66. The van der Waals surface area contributed by atoms with Crippen LogP contribution in [-0.4, -0.2) is 13.9 Å². The number of hydrogen-bond donors (Lipinski definition) is 0. The molecule has 4 aliphatic rings. The molecule has 3 heterocycles. The maximum absolute atomic E-state index is 13.3. The highest BCUT2D eigenvalue weighted by atomic mass is 16.2. The molecule has 2 aliphatic heterocycles. The Morgan fingerprint density at radius 2 is 1.68 bits per heavy atom. The van der Waals surface area contributed by atoms with E-state index >= 15 is 0 Å². The molecule has 0 saturated carbocycles. The summed E-state index contributed by atoms with van der Waals surface area (Å²) in [6.07, 6.45) is 4.23. The zero-order valence-corrected chi connectivity index (χ0v) is 14.9. The molecule has 1 aromatic carbocycles. The number of para-hydroxylation sites is 1. The van der Waals surface area contributed by atoms with Crippen LogP contribution in [-0.2, 0) is 5.54 Å². The number of benzene rings is 1. The molecule has 0 unspecified atom stereocenters. The van der Waals surface area contributed by atoms with Crippen molar-refractivity contribution in [2.75, 3.05) is 0 Å². The largest absolute Gasteiger partial charge is 0.352 e. The van der Waals surface area contributed by atoms with E-state index in [0.29, 0.717) is 5.69 Å². The van der Waals surface area contributed by atoms with Crippen LogP contribution >= 0.6 is 0 Å². The van der Waals surface area contributed by atoms with Crippen molar-refractivity contribution in [3.05, 3.63) is 74.6 Å². The third-order valence-electron chi connectivity index (χ3n) is 7.18. The summed E-state index contributed by atoms with van der Waals surface area (Å²) < 4.78 is 4.67. The maximum atomic E-state index is 13.3. The van der Waals surface area contributed by atoms with Crippen molar-refractivity contribution < 1.29 is 0 Å². The van der Waals surface area contributed by atoms with Gasteiger partial charge in [0.15, 0.2) is 0 Å². The number of aromatic nitrogens is 3.